The Kier molecular flexibility index (Phi) is 9.67. The van der Waals surface area contributed by atoms with Gasteiger partial charge in [0.05, 0.1) is 6.61 Å². The van der Waals surface area contributed by atoms with E-state index in [1.807, 2.05) is 36.4 Å². The first-order chi connectivity index (χ1) is 10.7. The van der Waals surface area contributed by atoms with E-state index in [4.69, 9.17) is 4.74 Å². The molecule has 0 bridgehead atoms. The van der Waals surface area contributed by atoms with Crippen molar-refractivity contribution in [3.8, 4) is 0 Å². The lowest BCUT2D eigenvalue weighted by Gasteiger charge is -2.01. The number of hydrogen-bond acceptors (Lipinski definition) is 3. The number of allylic oxidation sites excluding steroid dienone is 1. The zero-order valence-electron chi connectivity index (χ0n) is 13.4. The highest BCUT2D eigenvalue weighted by Crippen LogP contribution is 2.11. The predicted molar refractivity (Wildman–Crippen MR) is 88.9 cm³/mol. The van der Waals surface area contributed by atoms with E-state index in [2.05, 4.69) is 0 Å². The Morgan fingerprint density at radius 3 is 2.41 bits per heavy atom. The van der Waals surface area contributed by atoms with Gasteiger partial charge in [-0.1, -0.05) is 55.7 Å². The molecule has 0 radical (unpaired) electrons. The lowest BCUT2D eigenvalue weighted by atomic mass is 10.0. The Hall–Kier alpha value is -1.90. The van der Waals surface area contributed by atoms with Crippen molar-refractivity contribution in [1.29, 1.82) is 0 Å². The number of benzene rings is 1. The Labute approximate surface area is 133 Å². The number of carbonyl (C=O) groups excluding carboxylic acids is 2. The van der Waals surface area contributed by atoms with Gasteiger partial charge in [0.2, 0.25) is 0 Å². The highest BCUT2D eigenvalue weighted by molar-refractivity contribution is 5.95. The first kappa shape index (κ1) is 18.1. The molecule has 1 aromatic rings. The third-order valence-corrected chi connectivity index (χ3v) is 3.41. The van der Waals surface area contributed by atoms with Crippen LogP contribution in [0.2, 0.25) is 0 Å². The molecule has 0 heterocycles. The molecule has 22 heavy (non-hydrogen) atoms. The number of unbranched alkanes of at least 4 members (excludes halogenated alkanes) is 5. The first-order valence-corrected chi connectivity index (χ1v) is 8.15. The van der Waals surface area contributed by atoms with E-state index in [1.165, 1.54) is 6.08 Å². The number of esters is 1. The maximum atomic E-state index is 11.9. The molecular formula is C19H26O3. The Balaban J connectivity index is 1.98. The molecule has 0 aliphatic carbocycles. The van der Waals surface area contributed by atoms with Crippen LogP contribution in [-0.2, 0) is 9.53 Å². The molecule has 0 amide bonds. The van der Waals surface area contributed by atoms with Gasteiger partial charge in [0.1, 0.15) is 0 Å². The smallest absolute Gasteiger partial charge is 0.330 e. The van der Waals surface area contributed by atoms with Crippen LogP contribution in [0.5, 0.6) is 0 Å². The summed E-state index contributed by atoms with van der Waals surface area (Å²) in [4.78, 5) is 22.9. The van der Waals surface area contributed by atoms with Crippen molar-refractivity contribution in [2.24, 2.45) is 0 Å². The van der Waals surface area contributed by atoms with E-state index in [9.17, 15) is 9.59 Å². The van der Waals surface area contributed by atoms with Crippen LogP contribution >= 0.6 is 0 Å². The number of ether oxygens (including phenoxy) is 1. The SMILES string of the molecule is CCOC(=O)C=CCCCCCCCC(=O)c1ccccc1. The maximum absolute atomic E-state index is 11.9. The summed E-state index contributed by atoms with van der Waals surface area (Å²) in [5, 5.41) is 0. The molecule has 1 rings (SSSR count). The summed E-state index contributed by atoms with van der Waals surface area (Å²) in [5.41, 5.74) is 0.812. The third-order valence-electron chi connectivity index (χ3n) is 3.41. The van der Waals surface area contributed by atoms with Gasteiger partial charge in [-0.15, -0.1) is 0 Å². The molecule has 0 aliphatic rings. The molecule has 0 saturated carbocycles. The van der Waals surface area contributed by atoms with Gasteiger partial charge >= 0.3 is 5.97 Å². The van der Waals surface area contributed by atoms with Crippen molar-refractivity contribution in [2.45, 2.75) is 51.9 Å². The molecule has 1 aromatic carbocycles. The van der Waals surface area contributed by atoms with Crippen LogP contribution in [0.25, 0.3) is 0 Å². The molecular weight excluding hydrogens is 276 g/mol. The fourth-order valence-electron chi connectivity index (χ4n) is 2.22. The van der Waals surface area contributed by atoms with Gasteiger partial charge in [0, 0.05) is 18.1 Å². The lowest BCUT2D eigenvalue weighted by molar-refractivity contribution is -0.137. The monoisotopic (exact) mass is 302 g/mol. The van der Waals surface area contributed by atoms with Gasteiger partial charge in [0.15, 0.2) is 5.78 Å². The van der Waals surface area contributed by atoms with Gasteiger partial charge < -0.3 is 4.74 Å². The quantitative estimate of drug-likeness (QED) is 0.257. The summed E-state index contributed by atoms with van der Waals surface area (Å²) in [6, 6.07) is 9.47. The summed E-state index contributed by atoms with van der Waals surface area (Å²) < 4.78 is 4.80. The fourth-order valence-corrected chi connectivity index (χ4v) is 2.22. The van der Waals surface area contributed by atoms with Crippen molar-refractivity contribution >= 4 is 11.8 Å². The second-order valence-corrected chi connectivity index (χ2v) is 5.25. The minimum Gasteiger partial charge on any atom is -0.463 e. The van der Waals surface area contributed by atoms with Crippen molar-refractivity contribution in [1.82, 2.24) is 0 Å². The molecule has 0 fully saturated rings. The van der Waals surface area contributed by atoms with Gasteiger partial charge in [-0.3, -0.25) is 4.79 Å². The van der Waals surface area contributed by atoms with Gasteiger partial charge in [0.25, 0.3) is 0 Å². The predicted octanol–water partition coefficient (Wildman–Crippen LogP) is 4.72. The van der Waals surface area contributed by atoms with Gasteiger partial charge in [-0.05, 0) is 26.2 Å². The molecule has 0 aromatic heterocycles. The minimum absolute atomic E-state index is 0.234. The minimum atomic E-state index is -0.262. The summed E-state index contributed by atoms with van der Waals surface area (Å²) in [7, 11) is 0. The van der Waals surface area contributed by atoms with Gasteiger partial charge in [-0.2, -0.15) is 0 Å². The van der Waals surface area contributed by atoms with Crippen LogP contribution in [0.4, 0.5) is 0 Å². The van der Waals surface area contributed by atoms with E-state index in [0.29, 0.717) is 13.0 Å². The Morgan fingerprint density at radius 2 is 1.68 bits per heavy atom. The Bertz CT molecular complexity index is 463. The van der Waals surface area contributed by atoms with Crippen molar-refractivity contribution in [2.75, 3.05) is 6.61 Å². The molecule has 0 spiro atoms. The summed E-state index contributed by atoms with van der Waals surface area (Å²) in [6.07, 6.45) is 10.3. The highest BCUT2D eigenvalue weighted by atomic mass is 16.5. The molecule has 0 atom stereocenters. The van der Waals surface area contributed by atoms with Crippen molar-refractivity contribution in [3.63, 3.8) is 0 Å². The summed E-state index contributed by atoms with van der Waals surface area (Å²) in [5.74, 6) is -0.0279. The summed E-state index contributed by atoms with van der Waals surface area (Å²) in [6.45, 7) is 2.22. The molecule has 0 aliphatic heterocycles. The van der Waals surface area contributed by atoms with E-state index in [-0.39, 0.29) is 11.8 Å². The Morgan fingerprint density at radius 1 is 1.00 bits per heavy atom. The van der Waals surface area contributed by atoms with Crippen LogP contribution in [0, 0.1) is 0 Å². The van der Waals surface area contributed by atoms with Crippen molar-refractivity contribution < 1.29 is 14.3 Å². The molecule has 0 N–H and O–H groups in total. The maximum Gasteiger partial charge on any atom is 0.330 e. The number of hydrogen-bond donors (Lipinski definition) is 0. The molecule has 0 unspecified atom stereocenters. The van der Waals surface area contributed by atoms with Gasteiger partial charge in [-0.25, -0.2) is 4.79 Å². The van der Waals surface area contributed by atoms with Crippen LogP contribution < -0.4 is 0 Å². The zero-order valence-corrected chi connectivity index (χ0v) is 13.4. The average Bonchev–Trinajstić information content (AvgIpc) is 2.54. The van der Waals surface area contributed by atoms with E-state index in [0.717, 1.165) is 44.1 Å². The van der Waals surface area contributed by atoms with E-state index < -0.39 is 0 Å². The second kappa shape index (κ2) is 11.7. The van der Waals surface area contributed by atoms with E-state index >= 15 is 0 Å². The number of carbonyl (C=O) groups is 2. The second-order valence-electron chi connectivity index (χ2n) is 5.25. The van der Waals surface area contributed by atoms with Crippen molar-refractivity contribution in [3.05, 3.63) is 48.0 Å². The number of ketones is 1. The molecule has 3 heteroatoms. The summed E-state index contributed by atoms with van der Waals surface area (Å²) >= 11 is 0. The topological polar surface area (TPSA) is 43.4 Å². The van der Waals surface area contributed by atoms with Crippen LogP contribution in [-0.4, -0.2) is 18.4 Å². The zero-order chi connectivity index (χ0) is 16.0. The van der Waals surface area contributed by atoms with Crippen LogP contribution in [0.3, 0.4) is 0 Å². The number of rotatable bonds is 11. The first-order valence-electron chi connectivity index (χ1n) is 8.15. The molecule has 0 saturated heterocycles. The molecule has 120 valence electrons. The standard InChI is InChI=1S/C19H26O3/c1-2-22-19(21)16-12-7-5-3-4-6-11-15-18(20)17-13-9-8-10-14-17/h8-10,12-14,16H,2-7,11,15H2,1H3. The third kappa shape index (κ3) is 8.40. The highest BCUT2D eigenvalue weighted by Gasteiger charge is 2.03. The number of Topliss-reactive ketones (excluding diaryl/α,β-unsaturated/α-hetero) is 1. The lowest BCUT2D eigenvalue weighted by Crippen LogP contribution is -1.98. The van der Waals surface area contributed by atoms with Crippen LogP contribution in [0.15, 0.2) is 42.5 Å². The molecule has 3 nitrogen and oxygen atoms in total. The average molecular weight is 302 g/mol. The van der Waals surface area contributed by atoms with Crippen LogP contribution in [0.1, 0.15) is 62.2 Å². The largest absolute Gasteiger partial charge is 0.463 e. The fraction of sp³-hybridized carbons (Fsp3) is 0.474. The normalized spacial score (nSPS) is 10.8. The van der Waals surface area contributed by atoms with E-state index in [1.54, 1.807) is 6.92 Å².